The quantitative estimate of drug-likeness (QED) is 0.651. The summed E-state index contributed by atoms with van der Waals surface area (Å²) in [6, 6.07) is 0.846. The van der Waals surface area contributed by atoms with Crippen LogP contribution in [0.3, 0.4) is 0 Å². The lowest BCUT2D eigenvalue weighted by Crippen LogP contribution is -2.13. The maximum absolute atomic E-state index is 12.5. The van der Waals surface area contributed by atoms with Crippen molar-refractivity contribution in [1.82, 2.24) is 4.98 Å². The zero-order chi connectivity index (χ0) is 9.30. The van der Waals surface area contributed by atoms with Crippen LogP contribution in [0.15, 0.2) is 10.9 Å². The van der Waals surface area contributed by atoms with Gasteiger partial charge in [-0.15, -0.1) is 0 Å². The van der Waals surface area contributed by atoms with Crippen LogP contribution in [0.25, 0.3) is 0 Å². The first-order valence-electron chi connectivity index (χ1n) is 3.20. The van der Waals surface area contributed by atoms with Crippen molar-refractivity contribution in [1.29, 1.82) is 0 Å². The highest BCUT2D eigenvalue weighted by molar-refractivity contribution is 5.19. The van der Waals surface area contributed by atoms with E-state index in [2.05, 4.69) is 0 Å². The summed E-state index contributed by atoms with van der Waals surface area (Å²) in [4.78, 5) is 12.4. The predicted molar refractivity (Wildman–Crippen MR) is 36.7 cm³/mol. The van der Waals surface area contributed by atoms with Crippen LogP contribution in [-0.4, -0.2) is 4.98 Å². The molecule has 0 radical (unpaired) electrons. The van der Waals surface area contributed by atoms with Gasteiger partial charge < -0.3 is 0 Å². The summed E-state index contributed by atoms with van der Waals surface area (Å²) in [5.74, 6) is -1.26. The lowest BCUT2D eigenvalue weighted by Gasteiger charge is -2.01. The van der Waals surface area contributed by atoms with Crippen LogP contribution in [-0.2, 0) is 0 Å². The van der Waals surface area contributed by atoms with Gasteiger partial charge in [0.1, 0.15) is 0 Å². The van der Waals surface area contributed by atoms with E-state index >= 15 is 0 Å². The lowest BCUT2D eigenvalue weighted by atomic mass is 10.2. The van der Waals surface area contributed by atoms with Crippen molar-refractivity contribution >= 4 is 0 Å². The van der Waals surface area contributed by atoms with Crippen molar-refractivity contribution in [3.05, 3.63) is 33.5 Å². The molecule has 0 bridgehead atoms. The first-order valence-corrected chi connectivity index (χ1v) is 3.20. The van der Waals surface area contributed by atoms with Gasteiger partial charge in [-0.3, -0.25) is 9.78 Å². The molecule has 1 heterocycles. The summed E-state index contributed by atoms with van der Waals surface area (Å²) >= 11 is 0. The van der Waals surface area contributed by atoms with E-state index in [-0.39, 0.29) is 5.56 Å². The van der Waals surface area contributed by atoms with Crippen LogP contribution < -0.4 is 5.56 Å². The molecule has 0 aromatic carbocycles. The summed E-state index contributed by atoms with van der Waals surface area (Å²) in [7, 11) is 0. The van der Waals surface area contributed by atoms with Gasteiger partial charge in [0.25, 0.3) is 12.0 Å². The van der Waals surface area contributed by atoms with E-state index in [9.17, 15) is 18.0 Å². The van der Waals surface area contributed by atoms with Crippen LogP contribution in [0.1, 0.15) is 17.6 Å². The molecule has 1 aromatic heterocycles. The van der Waals surface area contributed by atoms with Gasteiger partial charge in [0.2, 0.25) is 5.95 Å². The second-order valence-electron chi connectivity index (χ2n) is 2.35. The van der Waals surface area contributed by atoms with Crippen LogP contribution >= 0.6 is 0 Å². The monoisotopic (exact) mass is 177 g/mol. The van der Waals surface area contributed by atoms with Gasteiger partial charge in [0, 0.05) is 5.56 Å². The van der Waals surface area contributed by atoms with Gasteiger partial charge in [-0.25, -0.2) is 8.78 Å². The number of nitrogens with one attached hydrogen (secondary N) is 1. The first kappa shape index (κ1) is 8.83. The highest BCUT2D eigenvalue weighted by Gasteiger charge is 2.14. The fourth-order valence-electron chi connectivity index (χ4n) is 0.791. The molecule has 0 spiro atoms. The molecule has 0 aliphatic carbocycles. The van der Waals surface area contributed by atoms with E-state index in [4.69, 9.17) is 0 Å². The highest BCUT2D eigenvalue weighted by Crippen LogP contribution is 2.19. The van der Waals surface area contributed by atoms with Gasteiger partial charge in [-0.05, 0) is 13.0 Å². The molecular weight excluding hydrogens is 171 g/mol. The molecule has 2 nitrogen and oxygen atoms in total. The number of aryl methyl sites for hydroxylation is 1. The number of hydrogen-bond acceptors (Lipinski definition) is 1. The van der Waals surface area contributed by atoms with Crippen LogP contribution in [0.2, 0.25) is 0 Å². The van der Waals surface area contributed by atoms with Crippen LogP contribution in [0.4, 0.5) is 13.2 Å². The molecule has 1 aromatic rings. The molecule has 0 amide bonds. The van der Waals surface area contributed by atoms with E-state index in [0.29, 0.717) is 0 Å². The molecule has 0 aliphatic rings. The molecular formula is C7H6F3NO. The molecule has 1 N–H and O–H groups in total. The number of halogens is 3. The van der Waals surface area contributed by atoms with Crippen molar-refractivity contribution < 1.29 is 13.2 Å². The maximum atomic E-state index is 12.5. The van der Waals surface area contributed by atoms with E-state index in [1.165, 1.54) is 6.92 Å². The number of aromatic nitrogens is 1. The molecule has 0 unspecified atom stereocenters. The second kappa shape index (κ2) is 3.00. The smallest absolute Gasteiger partial charge is 0.268 e. The second-order valence-corrected chi connectivity index (χ2v) is 2.35. The van der Waals surface area contributed by atoms with Gasteiger partial charge >= 0.3 is 0 Å². The standard InChI is InChI=1S/C7H6F3NO/c1-3-2-4(5(8)9)6(10)11-7(3)12/h2,5H,1H3,(H,11,12). The Kier molecular flexibility index (Phi) is 2.21. The normalized spacial score (nSPS) is 10.8. The van der Waals surface area contributed by atoms with E-state index in [0.717, 1.165) is 6.07 Å². The fourth-order valence-corrected chi connectivity index (χ4v) is 0.791. The molecule has 0 saturated carbocycles. The molecule has 0 aliphatic heterocycles. The van der Waals surface area contributed by atoms with Gasteiger partial charge in [0.05, 0.1) is 5.56 Å². The van der Waals surface area contributed by atoms with E-state index in [1.54, 1.807) is 4.98 Å². The van der Waals surface area contributed by atoms with Crippen LogP contribution in [0.5, 0.6) is 0 Å². The number of hydrogen-bond donors (Lipinski definition) is 1. The largest absolute Gasteiger partial charge is 0.298 e. The SMILES string of the molecule is Cc1cc(C(F)F)c(F)[nH]c1=O. The average Bonchev–Trinajstić information content (AvgIpc) is 1.96. The maximum Gasteiger partial charge on any atom is 0.268 e. The summed E-state index contributed by atoms with van der Waals surface area (Å²) in [6.07, 6.45) is -2.90. The molecule has 1 rings (SSSR count). The third-order valence-electron chi connectivity index (χ3n) is 1.44. The van der Waals surface area contributed by atoms with Gasteiger partial charge in [0.15, 0.2) is 0 Å². The zero-order valence-electron chi connectivity index (χ0n) is 6.20. The number of alkyl halides is 2. The van der Waals surface area contributed by atoms with Crippen LogP contribution in [0, 0.1) is 12.9 Å². The Morgan fingerprint density at radius 3 is 2.58 bits per heavy atom. The molecule has 0 atom stereocenters. The molecule has 5 heteroatoms. The first-order chi connectivity index (χ1) is 5.52. The Morgan fingerprint density at radius 1 is 1.50 bits per heavy atom. The summed E-state index contributed by atoms with van der Waals surface area (Å²) < 4.78 is 36.5. The Labute approximate surface area is 66.0 Å². The molecule has 12 heavy (non-hydrogen) atoms. The van der Waals surface area contributed by atoms with Crippen molar-refractivity contribution in [2.75, 3.05) is 0 Å². The van der Waals surface area contributed by atoms with E-state index < -0.39 is 23.5 Å². The number of pyridine rings is 1. The van der Waals surface area contributed by atoms with Crippen molar-refractivity contribution in [3.63, 3.8) is 0 Å². The topological polar surface area (TPSA) is 32.9 Å². The minimum absolute atomic E-state index is 0.0756. The summed E-state index contributed by atoms with van der Waals surface area (Å²) in [6.45, 7) is 1.34. The Morgan fingerprint density at radius 2 is 2.08 bits per heavy atom. The zero-order valence-corrected chi connectivity index (χ0v) is 6.20. The van der Waals surface area contributed by atoms with Crippen molar-refractivity contribution in [2.45, 2.75) is 13.3 Å². The predicted octanol–water partition coefficient (Wildman–Crippen LogP) is 1.76. The minimum Gasteiger partial charge on any atom is -0.298 e. The Hall–Kier alpha value is -1.26. The molecule has 0 fully saturated rings. The van der Waals surface area contributed by atoms with Gasteiger partial charge in [-0.2, -0.15) is 4.39 Å². The van der Waals surface area contributed by atoms with Crippen molar-refractivity contribution in [2.24, 2.45) is 0 Å². The summed E-state index contributed by atoms with van der Waals surface area (Å²) in [5, 5.41) is 0. The molecule has 66 valence electrons. The number of aromatic amines is 1. The Bertz CT molecular complexity index is 345. The summed E-state index contributed by atoms with van der Waals surface area (Å²) in [5.41, 5.74) is -1.38. The average molecular weight is 177 g/mol. The third-order valence-corrected chi connectivity index (χ3v) is 1.44. The highest BCUT2D eigenvalue weighted by atomic mass is 19.3. The fraction of sp³-hybridized carbons (Fsp3) is 0.286. The third kappa shape index (κ3) is 1.49. The number of rotatable bonds is 1. The minimum atomic E-state index is -2.90. The lowest BCUT2D eigenvalue weighted by molar-refractivity contribution is 0.145. The van der Waals surface area contributed by atoms with Crippen molar-refractivity contribution in [3.8, 4) is 0 Å². The molecule has 0 saturated heterocycles. The van der Waals surface area contributed by atoms with Gasteiger partial charge in [-0.1, -0.05) is 0 Å². The van der Waals surface area contributed by atoms with E-state index in [1.807, 2.05) is 0 Å². The number of H-pyrrole nitrogens is 1. The Balaban J connectivity index is 3.33.